The fourth-order valence-corrected chi connectivity index (χ4v) is 1.56. The molecule has 1 heterocycles. The lowest BCUT2D eigenvalue weighted by atomic mass is 10.1. The molecule has 0 fully saturated rings. The van der Waals surface area contributed by atoms with E-state index >= 15 is 0 Å². The first-order valence-corrected chi connectivity index (χ1v) is 6.07. The molecular weight excluding hydrogens is 242 g/mol. The Bertz CT molecular complexity index is 556. The first kappa shape index (κ1) is 13.3. The van der Waals surface area contributed by atoms with Crippen molar-refractivity contribution >= 4 is 5.91 Å². The molecule has 2 N–H and O–H groups in total. The van der Waals surface area contributed by atoms with E-state index in [1.807, 2.05) is 30.3 Å². The molecule has 0 spiro atoms. The summed E-state index contributed by atoms with van der Waals surface area (Å²) in [5.41, 5.74) is 0.287. The molecule has 0 bridgehead atoms. The minimum atomic E-state index is -0.933. The van der Waals surface area contributed by atoms with Crippen LogP contribution in [0.25, 0.3) is 5.69 Å². The first-order valence-electron chi connectivity index (χ1n) is 6.07. The van der Waals surface area contributed by atoms with E-state index in [-0.39, 0.29) is 12.5 Å². The van der Waals surface area contributed by atoms with E-state index in [9.17, 15) is 9.90 Å². The molecule has 0 atom stereocenters. The molecule has 1 aromatic carbocycles. The minimum absolute atomic E-state index is 0.185. The third-order valence-corrected chi connectivity index (χ3v) is 2.52. The van der Waals surface area contributed by atoms with Gasteiger partial charge in [-0.1, -0.05) is 18.2 Å². The van der Waals surface area contributed by atoms with Crippen LogP contribution < -0.4 is 5.32 Å². The molecule has 5 heteroatoms. The maximum Gasteiger partial charge on any atom is 0.271 e. The monoisotopic (exact) mass is 259 g/mol. The Morgan fingerprint density at radius 3 is 2.63 bits per heavy atom. The van der Waals surface area contributed by atoms with Crippen LogP contribution in [0.4, 0.5) is 0 Å². The van der Waals surface area contributed by atoms with Crippen molar-refractivity contribution < 1.29 is 9.90 Å². The van der Waals surface area contributed by atoms with Gasteiger partial charge in [0, 0.05) is 12.7 Å². The van der Waals surface area contributed by atoms with E-state index in [2.05, 4.69) is 10.4 Å². The van der Waals surface area contributed by atoms with Crippen LogP contribution in [0.5, 0.6) is 0 Å². The lowest BCUT2D eigenvalue weighted by molar-refractivity contribution is 0.0691. The number of amides is 1. The van der Waals surface area contributed by atoms with Crippen molar-refractivity contribution in [3.63, 3.8) is 0 Å². The number of aliphatic hydroxyl groups is 1. The quantitative estimate of drug-likeness (QED) is 0.871. The average Bonchev–Trinajstić information content (AvgIpc) is 2.86. The van der Waals surface area contributed by atoms with Crippen LogP contribution in [0.3, 0.4) is 0 Å². The van der Waals surface area contributed by atoms with Crippen molar-refractivity contribution in [2.45, 2.75) is 19.4 Å². The number of para-hydroxylation sites is 1. The summed E-state index contributed by atoms with van der Waals surface area (Å²) in [6.45, 7) is 3.45. The molecule has 5 nitrogen and oxygen atoms in total. The van der Waals surface area contributed by atoms with Gasteiger partial charge in [-0.3, -0.25) is 4.79 Å². The second-order valence-electron chi connectivity index (χ2n) is 4.98. The number of hydrogen-bond donors (Lipinski definition) is 2. The predicted molar refractivity (Wildman–Crippen MR) is 72.2 cm³/mol. The first-order chi connectivity index (χ1) is 8.96. The van der Waals surface area contributed by atoms with Crippen molar-refractivity contribution in [3.05, 3.63) is 48.3 Å². The Morgan fingerprint density at radius 2 is 2.00 bits per heavy atom. The third kappa shape index (κ3) is 3.66. The number of nitrogens with one attached hydrogen (secondary N) is 1. The van der Waals surface area contributed by atoms with Gasteiger partial charge in [-0.15, -0.1) is 0 Å². The maximum atomic E-state index is 11.8. The summed E-state index contributed by atoms with van der Waals surface area (Å²) < 4.78 is 1.64. The minimum Gasteiger partial charge on any atom is -0.389 e. The Balaban J connectivity index is 2.07. The maximum absolute atomic E-state index is 11.8. The standard InChI is InChI=1S/C14H17N3O2/c1-14(2,19)10-15-13(18)12-8-9-17(16-12)11-6-4-3-5-7-11/h3-9,19H,10H2,1-2H3,(H,15,18). The average molecular weight is 259 g/mol. The summed E-state index contributed by atoms with van der Waals surface area (Å²) in [5.74, 6) is -0.295. The van der Waals surface area contributed by atoms with Gasteiger partial charge in [0.2, 0.25) is 0 Å². The number of benzene rings is 1. The van der Waals surface area contributed by atoms with E-state index < -0.39 is 5.60 Å². The Hall–Kier alpha value is -2.14. The highest BCUT2D eigenvalue weighted by Gasteiger charge is 2.16. The number of aromatic nitrogens is 2. The van der Waals surface area contributed by atoms with Crippen LogP contribution in [-0.4, -0.2) is 32.9 Å². The summed E-state index contributed by atoms with van der Waals surface area (Å²) >= 11 is 0. The van der Waals surface area contributed by atoms with Crippen molar-refractivity contribution in [1.82, 2.24) is 15.1 Å². The SMILES string of the molecule is CC(C)(O)CNC(=O)c1ccn(-c2ccccc2)n1. The van der Waals surface area contributed by atoms with Gasteiger partial charge < -0.3 is 10.4 Å². The largest absolute Gasteiger partial charge is 0.389 e. The molecule has 1 aromatic heterocycles. The fraction of sp³-hybridized carbons (Fsp3) is 0.286. The second-order valence-corrected chi connectivity index (χ2v) is 4.98. The van der Waals surface area contributed by atoms with Crippen molar-refractivity contribution in [2.75, 3.05) is 6.54 Å². The van der Waals surface area contributed by atoms with Gasteiger partial charge in [0.25, 0.3) is 5.91 Å². The van der Waals surface area contributed by atoms with E-state index in [0.29, 0.717) is 5.69 Å². The van der Waals surface area contributed by atoms with E-state index in [4.69, 9.17) is 0 Å². The van der Waals surface area contributed by atoms with Crippen molar-refractivity contribution in [3.8, 4) is 5.69 Å². The van der Waals surface area contributed by atoms with Crippen LogP contribution in [0, 0.1) is 0 Å². The lowest BCUT2D eigenvalue weighted by Gasteiger charge is -2.16. The molecule has 0 aliphatic rings. The van der Waals surface area contributed by atoms with E-state index in [0.717, 1.165) is 5.69 Å². The zero-order valence-corrected chi connectivity index (χ0v) is 11.0. The van der Waals surface area contributed by atoms with Crippen LogP contribution in [0.2, 0.25) is 0 Å². The molecule has 0 radical (unpaired) electrons. The van der Waals surface area contributed by atoms with Crippen molar-refractivity contribution in [1.29, 1.82) is 0 Å². The molecule has 1 amide bonds. The molecular formula is C14H17N3O2. The molecule has 0 aliphatic carbocycles. The van der Waals surface area contributed by atoms with E-state index in [1.165, 1.54) is 0 Å². The molecule has 0 unspecified atom stereocenters. The highest BCUT2D eigenvalue weighted by molar-refractivity contribution is 5.92. The van der Waals surface area contributed by atoms with Crippen LogP contribution in [-0.2, 0) is 0 Å². The molecule has 2 aromatic rings. The van der Waals surface area contributed by atoms with Gasteiger partial charge in [-0.05, 0) is 32.0 Å². The highest BCUT2D eigenvalue weighted by Crippen LogP contribution is 2.07. The summed E-state index contributed by atoms with van der Waals surface area (Å²) in [4.78, 5) is 11.8. The number of carbonyl (C=O) groups is 1. The number of hydrogen-bond acceptors (Lipinski definition) is 3. The van der Waals surface area contributed by atoms with Gasteiger partial charge in [0.05, 0.1) is 11.3 Å². The zero-order chi connectivity index (χ0) is 13.9. The van der Waals surface area contributed by atoms with Crippen LogP contribution in [0.15, 0.2) is 42.6 Å². The molecule has 100 valence electrons. The summed E-state index contributed by atoms with van der Waals surface area (Å²) in [6.07, 6.45) is 1.73. The van der Waals surface area contributed by atoms with Crippen LogP contribution in [0.1, 0.15) is 24.3 Å². The summed E-state index contributed by atoms with van der Waals surface area (Å²) in [6, 6.07) is 11.2. The fourth-order valence-electron chi connectivity index (χ4n) is 1.56. The number of rotatable bonds is 4. The topological polar surface area (TPSA) is 67.2 Å². The predicted octanol–water partition coefficient (Wildman–Crippen LogP) is 1.37. The lowest BCUT2D eigenvalue weighted by Crippen LogP contribution is -2.38. The van der Waals surface area contributed by atoms with E-state index in [1.54, 1.807) is 30.8 Å². The van der Waals surface area contributed by atoms with Gasteiger partial charge >= 0.3 is 0 Å². The Kier molecular flexibility index (Phi) is 3.66. The smallest absolute Gasteiger partial charge is 0.271 e. The number of nitrogens with zero attached hydrogens (tertiary/aromatic N) is 2. The van der Waals surface area contributed by atoms with Gasteiger partial charge in [0.1, 0.15) is 0 Å². The summed E-state index contributed by atoms with van der Waals surface area (Å²) in [7, 11) is 0. The van der Waals surface area contributed by atoms with Gasteiger partial charge in [-0.25, -0.2) is 4.68 Å². The van der Waals surface area contributed by atoms with Gasteiger partial charge in [-0.2, -0.15) is 5.10 Å². The molecule has 0 saturated carbocycles. The molecule has 19 heavy (non-hydrogen) atoms. The highest BCUT2D eigenvalue weighted by atomic mass is 16.3. The van der Waals surface area contributed by atoms with Crippen molar-refractivity contribution in [2.24, 2.45) is 0 Å². The second kappa shape index (κ2) is 5.24. The molecule has 0 aliphatic heterocycles. The third-order valence-electron chi connectivity index (χ3n) is 2.52. The number of carbonyl (C=O) groups excluding carboxylic acids is 1. The molecule has 0 saturated heterocycles. The summed E-state index contributed by atoms with van der Waals surface area (Å²) in [5, 5.41) is 16.4. The normalized spacial score (nSPS) is 11.3. The van der Waals surface area contributed by atoms with Crippen LogP contribution >= 0.6 is 0 Å². The van der Waals surface area contributed by atoms with Gasteiger partial charge in [0.15, 0.2) is 5.69 Å². The Labute approximate surface area is 111 Å². The molecule has 2 rings (SSSR count). The Morgan fingerprint density at radius 1 is 1.32 bits per heavy atom. The zero-order valence-electron chi connectivity index (χ0n) is 11.0.